The minimum atomic E-state index is -0.618. The first-order valence-electron chi connectivity index (χ1n) is 9.47. The highest BCUT2D eigenvalue weighted by atomic mass is 16.5. The van der Waals surface area contributed by atoms with E-state index in [9.17, 15) is 14.4 Å². The van der Waals surface area contributed by atoms with Gasteiger partial charge < -0.3 is 10.2 Å². The topological polar surface area (TPSA) is 112 Å². The molecule has 0 aliphatic carbocycles. The zero-order chi connectivity index (χ0) is 22.4. The number of amides is 3. The Kier molecular flexibility index (Phi) is 6.74. The number of hydroxylamine groups is 1. The van der Waals surface area contributed by atoms with Crippen LogP contribution in [0.15, 0.2) is 67.0 Å². The van der Waals surface area contributed by atoms with Crippen molar-refractivity contribution < 1.29 is 19.6 Å². The normalized spacial score (nSPS) is 10.3. The molecule has 3 aromatic rings. The number of aromatic nitrogens is 1. The van der Waals surface area contributed by atoms with E-state index in [1.807, 2.05) is 0 Å². The maximum absolute atomic E-state index is 12.6. The molecule has 8 nitrogen and oxygen atoms in total. The minimum absolute atomic E-state index is 0.175. The summed E-state index contributed by atoms with van der Waals surface area (Å²) in [5, 5.41) is 11.6. The summed E-state index contributed by atoms with van der Waals surface area (Å²) in [4.78, 5) is 42.0. The van der Waals surface area contributed by atoms with E-state index in [1.165, 1.54) is 4.90 Å². The zero-order valence-corrected chi connectivity index (χ0v) is 17.1. The standard InChI is InChI=1S/C23H22N4O4/c1-27(2)23(30)19-12-18(16-3-5-17(6-4-16)22(29)26-31)13-20(14-19)25-21(28)11-15-7-9-24-10-8-15/h3-10,12-14,31H,11H2,1-2H3,(H,25,28)(H,26,29). The number of pyridine rings is 1. The van der Waals surface area contributed by atoms with E-state index in [4.69, 9.17) is 5.21 Å². The van der Waals surface area contributed by atoms with Gasteiger partial charge in [-0.15, -0.1) is 0 Å². The molecule has 0 radical (unpaired) electrons. The smallest absolute Gasteiger partial charge is 0.274 e. The maximum atomic E-state index is 12.6. The van der Waals surface area contributed by atoms with Crippen LogP contribution in [0.5, 0.6) is 0 Å². The van der Waals surface area contributed by atoms with Gasteiger partial charge in [0.05, 0.1) is 6.42 Å². The molecule has 0 bridgehead atoms. The second kappa shape index (κ2) is 9.64. The van der Waals surface area contributed by atoms with Gasteiger partial charge in [0.1, 0.15) is 0 Å². The third kappa shape index (κ3) is 5.52. The Bertz CT molecular complexity index is 1100. The summed E-state index contributed by atoms with van der Waals surface area (Å²) in [6.07, 6.45) is 3.42. The molecule has 0 atom stereocenters. The van der Waals surface area contributed by atoms with Crippen molar-refractivity contribution in [3.05, 3.63) is 83.7 Å². The van der Waals surface area contributed by atoms with Crippen molar-refractivity contribution in [1.29, 1.82) is 0 Å². The lowest BCUT2D eigenvalue weighted by Gasteiger charge is -2.14. The molecule has 0 saturated heterocycles. The maximum Gasteiger partial charge on any atom is 0.274 e. The molecule has 158 valence electrons. The fraction of sp³-hybridized carbons (Fsp3) is 0.130. The van der Waals surface area contributed by atoms with Crippen LogP contribution in [-0.4, -0.2) is 46.9 Å². The summed E-state index contributed by atoms with van der Waals surface area (Å²) in [6.45, 7) is 0. The first-order chi connectivity index (χ1) is 14.9. The average Bonchev–Trinajstić information content (AvgIpc) is 2.78. The minimum Gasteiger partial charge on any atom is -0.345 e. The Morgan fingerprint density at radius 3 is 2.19 bits per heavy atom. The first-order valence-corrected chi connectivity index (χ1v) is 9.47. The number of carbonyl (C=O) groups is 3. The van der Waals surface area contributed by atoms with Crippen LogP contribution in [0.3, 0.4) is 0 Å². The van der Waals surface area contributed by atoms with E-state index in [-0.39, 0.29) is 23.8 Å². The van der Waals surface area contributed by atoms with Gasteiger partial charge in [-0.2, -0.15) is 0 Å². The Labute approximate surface area is 179 Å². The predicted molar refractivity (Wildman–Crippen MR) is 116 cm³/mol. The van der Waals surface area contributed by atoms with Crippen molar-refractivity contribution in [3.8, 4) is 11.1 Å². The predicted octanol–water partition coefficient (Wildman–Crippen LogP) is 2.75. The number of benzene rings is 2. The molecule has 8 heteroatoms. The van der Waals surface area contributed by atoms with Gasteiger partial charge in [-0.1, -0.05) is 12.1 Å². The fourth-order valence-electron chi connectivity index (χ4n) is 3.02. The van der Waals surface area contributed by atoms with Crippen LogP contribution < -0.4 is 10.8 Å². The SMILES string of the molecule is CN(C)C(=O)c1cc(NC(=O)Cc2ccncc2)cc(-c2ccc(C(=O)NO)cc2)c1. The van der Waals surface area contributed by atoms with Crippen LogP contribution in [0.25, 0.3) is 11.1 Å². The number of hydrogen-bond donors (Lipinski definition) is 3. The van der Waals surface area contributed by atoms with Gasteiger partial charge >= 0.3 is 0 Å². The molecule has 0 saturated carbocycles. The Hall–Kier alpha value is -4.04. The van der Waals surface area contributed by atoms with Crippen molar-refractivity contribution in [1.82, 2.24) is 15.4 Å². The highest BCUT2D eigenvalue weighted by Crippen LogP contribution is 2.26. The van der Waals surface area contributed by atoms with Crippen LogP contribution in [0.4, 0.5) is 5.69 Å². The van der Waals surface area contributed by atoms with Crippen LogP contribution in [-0.2, 0) is 11.2 Å². The van der Waals surface area contributed by atoms with Crippen LogP contribution in [0.2, 0.25) is 0 Å². The van der Waals surface area contributed by atoms with Gasteiger partial charge in [-0.05, 0) is 59.2 Å². The molecular weight excluding hydrogens is 396 g/mol. The molecule has 3 amide bonds. The number of carbonyl (C=O) groups excluding carboxylic acids is 3. The van der Waals surface area contributed by atoms with Gasteiger partial charge in [0.25, 0.3) is 11.8 Å². The van der Waals surface area contributed by atoms with E-state index in [1.54, 1.807) is 86.6 Å². The third-order valence-corrected chi connectivity index (χ3v) is 4.57. The van der Waals surface area contributed by atoms with Gasteiger partial charge in [0.2, 0.25) is 5.91 Å². The van der Waals surface area contributed by atoms with Crippen molar-refractivity contribution in [2.24, 2.45) is 0 Å². The molecule has 0 fully saturated rings. The van der Waals surface area contributed by atoms with Gasteiger partial charge in [-0.25, -0.2) is 5.48 Å². The van der Waals surface area contributed by atoms with Crippen molar-refractivity contribution in [3.63, 3.8) is 0 Å². The molecule has 31 heavy (non-hydrogen) atoms. The molecule has 0 spiro atoms. The molecular formula is C23H22N4O4. The molecule has 3 N–H and O–H groups in total. The number of rotatable bonds is 6. The van der Waals surface area contributed by atoms with E-state index in [0.29, 0.717) is 16.8 Å². The quantitative estimate of drug-likeness (QED) is 0.421. The first kappa shape index (κ1) is 21.7. The Morgan fingerprint density at radius 2 is 1.58 bits per heavy atom. The van der Waals surface area contributed by atoms with E-state index in [0.717, 1.165) is 11.1 Å². The van der Waals surface area contributed by atoms with Gasteiger partial charge in [-0.3, -0.25) is 24.6 Å². The highest BCUT2D eigenvalue weighted by molar-refractivity contribution is 5.99. The Morgan fingerprint density at radius 1 is 0.903 bits per heavy atom. The summed E-state index contributed by atoms with van der Waals surface area (Å²) in [5.41, 5.74) is 5.04. The van der Waals surface area contributed by atoms with Gasteiger partial charge in [0, 0.05) is 43.3 Å². The molecule has 1 heterocycles. The largest absolute Gasteiger partial charge is 0.345 e. The molecule has 0 aliphatic rings. The van der Waals surface area contributed by atoms with E-state index >= 15 is 0 Å². The van der Waals surface area contributed by atoms with Crippen molar-refractivity contribution >= 4 is 23.4 Å². The summed E-state index contributed by atoms with van der Waals surface area (Å²) in [6, 6.07) is 15.2. The molecule has 3 rings (SSSR count). The number of nitrogens with zero attached hydrogens (tertiary/aromatic N) is 2. The summed E-state index contributed by atoms with van der Waals surface area (Å²) in [7, 11) is 3.30. The monoisotopic (exact) mass is 418 g/mol. The molecule has 0 aliphatic heterocycles. The summed E-state index contributed by atoms with van der Waals surface area (Å²) in [5.74, 6) is -1.04. The lowest BCUT2D eigenvalue weighted by molar-refractivity contribution is -0.115. The average molecular weight is 418 g/mol. The van der Waals surface area contributed by atoms with Crippen LogP contribution in [0, 0.1) is 0 Å². The second-order valence-corrected chi connectivity index (χ2v) is 7.10. The summed E-state index contributed by atoms with van der Waals surface area (Å²) >= 11 is 0. The second-order valence-electron chi connectivity index (χ2n) is 7.10. The van der Waals surface area contributed by atoms with E-state index in [2.05, 4.69) is 10.3 Å². The van der Waals surface area contributed by atoms with E-state index < -0.39 is 5.91 Å². The zero-order valence-electron chi connectivity index (χ0n) is 17.1. The summed E-state index contributed by atoms with van der Waals surface area (Å²) < 4.78 is 0. The van der Waals surface area contributed by atoms with Crippen molar-refractivity contribution in [2.45, 2.75) is 6.42 Å². The fourth-order valence-corrected chi connectivity index (χ4v) is 3.02. The van der Waals surface area contributed by atoms with Crippen LogP contribution >= 0.6 is 0 Å². The van der Waals surface area contributed by atoms with Crippen molar-refractivity contribution in [2.75, 3.05) is 19.4 Å². The van der Waals surface area contributed by atoms with Crippen LogP contribution in [0.1, 0.15) is 26.3 Å². The molecule has 0 unspecified atom stereocenters. The third-order valence-electron chi connectivity index (χ3n) is 4.57. The number of anilines is 1. The number of hydrogen-bond acceptors (Lipinski definition) is 5. The van der Waals surface area contributed by atoms with Gasteiger partial charge in [0.15, 0.2) is 0 Å². The lowest BCUT2D eigenvalue weighted by atomic mass is 10.00. The number of nitrogens with one attached hydrogen (secondary N) is 2. The molecule has 1 aromatic heterocycles. The lowest BCUT2D eigenvalue weighted by Crippen LogP contribution is -2.22. The highest BCUT2D eigenvalue weighted by Gasteiger charge is 2.14. The Balaban J connectivity index is 1.92. The molecule has 2 aromatic carbocycles.